The molecule has 0 spiro atoms. The second-order valence-electron chi connectivity index (χ2n) is 34.0. The van der Waals surface area contributed by atoms with Gasteiger partial charge in [0.1, 0.15) is 30.8 Å². The third kappa shape index (κ3) is 14.1. The van der Waals surface area contributed by atoms with Crippen molar-refractivity contribution >= 4 is 167 Å². The lowest BCUT2D eigenvalue weighted by Crippen LogP contribution is -2.39. The van der Waals surface area contributed by atoms with Crippen molar-refractivity contribution in [3.63, 3.8) is 0 Å². The number of nitrogens with zero attached hydrogens (tertiary/aromatic N) is 17. The summed E-state index contributed by atoms with van der Waals surface area (Å²) in [4.78, 5) is 51.9. The van der Waals surface area contributed by atoms with Gasteiger partial charge in [-0.25, -0.2) is 34.9 Å². The molecule has 7 aromatic carbocycles. The zero-order valence-electron chi connectivity index (χ0n) is 82.9. The van der Waals surface area contributed by atoms with Crippen LogP contribution in [0.2, 0.25) is 0 Å². The molecule has 0 bridgehead atoms. The fourth-order valence-electron chi connectivity index (χ4n) is 18.5. The summed E-state index contributed by atoms with van der Waals surface area (Å²) in [5.41, 5.74) is 24.7. The summed E-state index contributed by atoms with van der Waals surface area (Å²) >= 11 is 0. The van der Waals surface area contributed by atoms with Gasteiger partial charge in [0.15, 0.2) is 39.6 Å². The molecule has 127 heavy (non-hydrogen) atoms. The van der Waals surface area contributed by atoms with Gasteiger partial charge in [0, 0.05) is 172 Å². The van der Waals surface area contributed by atoms with Gasteiger partial charge in [0.05, 0.1) is 42.6 Å². The zero-order valence-corrected chi connectivity index (χ0v) is 74.9. The van der Waals surface area contributed by atoms with Crippen LogP contribution in [0, 0.1) is 69.2 Å². The Morgan fingerprint density at radius 2 is 0.614 bits per heavy atom. The molecule has 22 heteroatoms. The maximum atomic E-state index is 8.35. The Hall–Kier alpha value is -14.4. The molecule has 16 heterocycles. The number of anilines is 10. The van der Waals surface area contributed by atoms with Crippen LogP contribution in [-0.2, 0) is 0 Å². The van der Waals surface area contributed by atoms with E-state index < -0.39 is 32.2 Å². The smallest absolute Gasteiger partial charge is 0.227 e. The van der Waals surface area contributed by atoms with Gasteiger partial charge in [-0.2, -0.15) is 0 Å². The number of para-hydroxylation sites is 3. The molecule has 11 aromatic heterocycles. The van der Waals surface area contributed by atoms with Crippen molar-refractivity contribution in [3.8, 4) is 0 Å². The fourth-order valence-corrected chi connectivity index (χ4v) is 18.5. The predicted octanol–water partition coefficient (Wildman–Crippen LogP) is 25.6. The minimum atomic E-state index is -2.25. The Labute approximate surface area is 750 Å². The molecule has 0 saturated carbocycles. The molecular formula is C105H107N17O5. The fraction of sp³-hybridized carbons (Fsp3) is 0.267. The molecule has 0 amide bonds. The molecule has 5 aliphatic rings. The molecule has 642 valence electrons. The molecule has 0 N–H and O–H groups in total. The lowest BCUT2D eigenvalue weighted by Gasteiger charge is -2.33. The van der Waals surface area contributed by atoms with Crippen molar-refractivity contribution in [2.24, 2.45) is 0 Å². The molecule has 22 nitrogen and oxygen atoms in total. The minimum absolute atomic E-state index is 0.0352. The largest absolute Gasteiger partial charge is 0.435 e. The first-order chi connectivity index (χ1) is 64.2. The van der Waals surface area contributed by atoms with Crippen LogP contribution >= 0.6 is 0 Å². The maximum absolute atomic E-state index is 8.35. The lowest BCUT2D eigenvalue weighted by molar-refractivity contribution is 0.263. The summed E-state index contributed by atoms with van der Waals surface area (Å²) in [6, 6.07) is 57.7. The number of benzene rings is 7. The van der Waals surface area contributed by atoms with Crippen LogP contribution in [0.25, 0.3) is 110 Å². The molecular weight excluding hydrogens is 1580 g/mol. The molecule has 18 aromatic rings. The van der Waals surface area contributed by atoms with Gasteiger partial charge in [-0.1, -0.05) is 91.0 Å². The zero-order chi connectivity index (χ0) is 95.4. The monoisotopic (exact) mass is 1690 g/mol. The SMILES string of the molecule is Cc1ccc2c(n1)oc1c(N3c4nccnc4N(c4ccccc4)C3C)c(C)ccc12.[2H]C(C)(C)N1C=CN(c2c(C)ccc3c2oc2nc(C)ccc23)C1C.[2H]C(C)(C)N1C=CN(c2c(C)ccc3c2oc2nc(C)ccc23)C1C.[2H]C([2H])([2H])N1C=CN(c2c(C)ccc3c2oc2nc(C)ccc23)C1C.[2H]C([2H])([2H])N1c2ccccc2N(c2c(C)ccc3c2oc2nc(C)ccc23)C1C. The highest BCUT2D eigenvalue weighted by Crippen LogP contribution is 2.52. The van der Waals surface area contributed by atoms with Gasteiger partial charge >= 0.3 is 0 Å². The quantitative estimate of drug-likeness (QED) is 0.140. The average Bonchev–Trinajstić information content (AvgIpc) is 1.48. The molecule has 0 saturated heterocycles. The molecule has 23 rings (SSSR count). The lowest BCUT2D eigenvalue weighted by atomic mass is 10.1. The number of rotatable bonds is 8. The van der Waals surface area contributed by atoms with Crippen LogP contribution in [0.3, 0.4) is 0 Å². The van der Waals surface area contributed by atoms with Gasteiger partial charge in [-0.05, 0) is 244 Å². The van der Waals surface area contributed by atoms with E-state index >= 15 is 0 Å². The van der Waals surface area contributed by atoms with Crippen molar-refractivity contribution in [2.45, 2.75) is 174 Å². The number of aryl methyl sites for hydroxylation is 10. The van der Waals surface area contributed by atoms with Crippen molar-refractivity contribution in [1.29, 1.82) is 0 Å². The Bertz CT molecular complexity index is 7430. The van der Waals surface area contributed by atoms with E-state index in [2.05, 4.69) is 169 Å². The highest BCUT2D eigenvalue weighted by Gasteiger charge is 2.41. The highest BCUT2D eigenvalue weighted by molar-refractivity contribution is 6.14. The van der Waals surface area contributed by atoms with Crippen molar-refractivity contribution in [2.75, 3.05) is 48.3 Å². The highest BCUT2D eigenvalue weighted by atomic mass is 16.4. The van der Waals surface area contributed by atoms with E-state index in [4.69, 9.17) is 38.0 Å². The van der Waals surface area contributed by atoms with Gasteiger partial charge in [0.2, 0.25) is 28.6 Å². The molecule has 5 atom stereocenters. The number of hydrogen-bond donors (Lipinski definition) is 0. The normalized spacial score (nSPS) is 18.4. The number of furan rings is 5. The number of fused-ring (bicyclic) bond motifs is 17. The summed E-state index contributed by atoms with van der Waals surface area (Å²) in [6.45, 7) is 33.4. The predicted molar refractivity (Wildman–Crippen MR) is 519 cm³/mol. The average molecular weight is 1700 g/mol. The Morgan fingerprint density at radius 1 is 0.299 bits per heavy atom. The summed E-state index contributed by atoms with van der Waals surface area (Å²) in [7, 11) is 0. The van der Waals surface area contributed by atoms with Crippen LogP contribution in [0.1, 0.15) is 130 Å². The summed E-state index contributed by atoms with van der Waals surface area (Å²) in [5.74, 6) is 1.65. The molecule has 0 aliphatic carbocycles. The molecule has 0 radical (unpaired) electrons. The standard InChI is InChI=1S/C25H21N5O.C22H21N3O.2C20H23N3O.C18H19N3O/c1-15-9-11-19-20-12-10-16(2)28-25(20)31-22(19)21(15)30-17(3)29(18-7-5-4-6-8-18)23-24(30)27-14-13-26-23;1-13-9-11-16-17-12-10-14(2)23-22(17)26-21(16)20(13)25-15(3)24(4)18-7-5-6-8-19(18)25;2*1-12(2)22-10-11-23(15(22)5)18-13(3)6-8-16-17-9-7-14(4)21-20(17)24-19(16)18;1-11-5-7-14-15-8-6-12(2)19-18(15)22-17(14)16(11)21-10-9-20(4)13(21)3/h4-14,17H,1-3H3;5-12,15H,1-4H3;2*6-12,15H,1-5H3;5-10,13H,1-4H3/i;4D3;2*12D;4D3. The van der Waals surface area contributed by atoms with Crippen LogP contribution in [0.15, 0.2) is 248 Å². The number of aromatic nitrogens is 7. The summed E-state index contributed by atoms with van der Waals surface area (Å²) < 4.78 is 95.0. The molecule has 5 aliphatic heterocycles. The van der Waals surface area contributed by atoms with E-state index in [1.54, 1.807) is 24.8 Å². The van der Waals surface area contributed by atoms with E-state index in [9.17, 15) is 0 Å². The third-order valence-corrected chi connectivity index (χ3v) is 25.0. The van der Waals surface area contributed by atoms with E-state index in [1.807, 2.05) is 233 Å². The van der Waals surface area contributed by atoms with Gasteiger partial charge < -0.3 is 66.2 Å². The van der Waals surface area contributed by atoms with E-state index in [-0.39, 0.29) is 24.7 Å². The van der Waals surface area contributed by atoms with Crippen molar-refractivity contribution in [3.05, 3.63) is 282 Å². The third-order valence-electron chi connectivity index (χ3n) is 25.0. The van der Waals surface area contributed by atoms with Crippen molar-refractivity contribution < 1.29 is 33.1 Å². The van der Waals surface area contributed by atoms with Gasteiger partial charge in [0.25, 0.3) is 0 Å². The summed E-state index contributed by atoms with van der Waals surface area (Å²) in [5, 5.41) is 10.2. The first-order valence-electron chi connectivity index (χ1n) is 47.1. The van der Waals surface area contributed by atoms with Gasteiger partial charge in [-0.15, -0.1) is 0 Å². The van der Waals surface area contributed by atoms with E-state index in [0.29, 0.717) is 34.3 Å². The van der Waals surface area contributed by atoms with Gasteiger partial charge in [-0.3, -0.25) is 4.90 Å². The second kappa shape index (κ2) is 32.3. The Morgan fingerprint density at radius 3 is 0.961 bits per heavy atom. The topological polar surface area (TPSA) is 188 Å². The first-order valence-corrected chi connectivity index (χ1v) is 43.1. The van der Waals surface area contributed by atoms with Crippen molar-refractivity contribution in [1.82, 2.24) is 49.6 Å². The number of hydrogen-bond acceptors (Lipinski definition) is 22. The van der Waals surface area contributed by atoms with Crippen LogP contribution in [0.4, 0.5) is 57.1 Å². The number of pyridine rings is 5. The van der Waals surface area contributed by atoms with E-state index in [1.165, 1.54) is 9.80 Å². The molecule has 0 fully saturated rings. The van der Waals surface area contributed by atoms with Crippen LogP contribution in [0.5, 0.6) is 0 Å². The van der Waals surface area contributed by atoms with Crippen LogP contribution in [-0.4, -0.2) is 106 Å². The molecule has 5 unspecified atom stereocenters. The Kier molecular flexibility index (Phi) is 18.6. The van der Waals surface area contributed by atoms with E-state index in [0.717, 1.165) is 190 Å². The first kappa shape index (κ1) is 73.0. The Balaban J connectivity index is 0.000000109. The summed E-state index contributed by atoms with van der Waals surface area (Å²) in [6.07, 6.45) is 14.3. The maximum Gasteiger partial charge on any atom is 0.227 e. The second-order valence-corrected chi connectivity index (χ2v) is 34.0. The minimum Gasteiger partial charge on any atom is -0.435 e. The van der Waals surface area contributed by atoms with Crippen LogP contribution < -0.4 is 34.3 Å².